The molecule has 0 aliphatic carbocycles. The molecule has 0 N–H and O–H groups in total. The van der Waals surface area contributed by atoms with E-state index < -0.39 is 10.0 Å². The number of carbonyl (C=O) groups excluding carboxylic acids is 1. The van der Waals surface area contributed by atoms with E-state index in [-0.39, 0.29) is 22.8 Å². The van der Waals surface area contributed by atoms with E-state index in [1.165, 1.54) is 3.97 Å². The standard InChI is InChI=1S/C28H26N2O3S/c1-19-11-13-22(14-12-19)34(32,33)30-25-10-6-5-9-23(25)24-15-16-29-26(20-7-3-2-4-8-20)17-21(31)18-27(29)28(24)30/h2-14,26-27H,15-18H2,1H3/t26-,27-/m0/s1. The predicted octanol–water partition coefficient (Wildman–Crippen LogP) is 5.19. The highest BCUT2D eigenvalue weighted by Crippen LogP contribution is 2.47. The molecule has 1 fully saturated rings. The SMILES string of the molecule is Cc1ccc(S(=O)(=O)n2c3c(c4ccccc42)CCN2[C@H](c4ccccc4)CC(=O)C[C@@H]32)cc1. The predicted molar refractivity (Wildman–Crippen MR) is 132 cm³/mol. The summed E-state index contributed by atoms with van der Waals surface area (Å²) in [7, 11) is -3.85. The van der Waals surface area contributed by atoms with Crippen molar-refractivity contribution in [2.45, 2.75) is 43.2 Å². The average Bonchev–Trinajstić information content (AvgIpc) is 3.20. The second kappa shape index (κ2) is 7.93. The fourth-order valence-electron chi connectivity index (χ4n) is 5.73. The van der Waals surface area contributed by atoms with Gasteiger partial charge in [0.15, 0.2) is 0 Å². The van der Waals surface area contributed by atoms with E-state index in [2.05, 4.69) is 17.0 Å². The minimum atomic E-state index is -3.85. The van der Waals surface area contributed by atoms with Crippen molar-refractivity contribution in [3.8, 4) is 0 Å². The Morgan fingerprint density at radius 1 is 0.824 bits per heavy atom. The third-order valence-corrected chi connectivity index (χ3v) is 9.04. The molecule has 2 aliphatic heterocycles. The summed E-state index contributed by atoms with van der Waals surface area (Å²) in [6.07, 6.45) is 1.54. The van der Waals surface area contributed by atoms with Crippen LogP contribution in [0.2, 0.25) is 0 Å². The van der Waals surface area contributed by atoms with E-state index in [9.17, 15) is 13.2 Å². The zero-order chi connectivity index (χ0) is 23.4. The van der Waals surface area contributed by atoms with Crippen molar-refractivity contribution in [1.82, 2.24) is 8.87 Å². The van der Waals surface area contributed by atoms with Crippen molar-refractivity contribution in [1.29, 1.82) is 0 Å². The van der Waals surface area contributed by atoms with E-state index >= 15 is 0 Å². The number of Topliss-reactive ketones (excluding diaryl/α,β-unsaturated/α-hetero) is 1. The first-order valence-electron chi connectivity index (χ1n) is 11.7. The van der Waals surface area contributed by atoms with E-state index in [4.69, 9.17) is 0 Å². The van der Waals surface area contributed by atoms with Crippen LogP contribution in [0.1, 0.15) is 47.3 Å². The van der Waals surface area contributed by atoms with E-state index in [1.807, 2.05) is 61.5 Å². The van der Waals surface area contributed by atoms with Crippen LogP contribution in [0.5, 0.6) is 0 Å². The van der Waals surface area contributed by atoms with Gasteiger partial charge in [-0.1, -0.05) is 66.2 Å². The number of nitrogens with zero attached hydrogens (tertiary/aromatic N) is 2. The highest BCUT2D eigenvalue weighted by Gasteiger charge is 2.43. The van der Waals surface area contributed by atoms with E-state index in [0.717, 1.165) is 40.7 Å². The summed E-state index contributed by atoms with van der Waals surface area (Å²) in [5, 5.41) is 0.960. The minimum absolute atomic E-state index is 0.0471. The summed E-state index contributed by atoms with van der Waals surface area (Å²) in [6, 6.07) is 24.5. The molecule has 5 nitrogen and oxygen atoms in total. The van der Waals surface area contributed by atoms with Crippen LogP contribution in [-0.2, 0) is 21.2 Å². The van der Waals surface area contributed by atoms with Gasteiger partial charge in [0, 0.05) is 30.8 Å². The summed E-state index contributed by atoms with van der Waals surface area (Å²) in [4.78, 5) is 15.6. The van der Waals surface area contributed by atoms with Gasteiger partial charge in [-0.3, -0.25) is 9.69 Å². The molecule has 0 bridgehead atoms. The lowest BCUT2D eigenvalue weighted by Gasteiger charge is -2.45. The molecular weight excluding hydrogens is 444 g/mol. The lowest BCUT2D eigenvalue weighted by Crippen LogP contribution is -2.44. The van der Waals surface area contributed by atoms with Gasteiger partial charge in [0.1, 0.15) is 5.78 Å². The van der Waals surface area contributed by atoms with Crippen molar-refractivity contribution in [3.05, 3.63) is 101 Å². The monoisotopic (exact) mass is 470 g/mol. The van der Waals surface area contributed by atoms with Crippen molar-refractivity contribution in [2.75, 3.05) is 6.54 Å². The van der Waals surface area contributed by atoms with Crippen LogP contribution in [0.4, 0.5) is 0 Å². The first-order chi connectivity index (χ1) is 16.4. The number of benzene rings is 3. The molecule has 172 valence electrons. The van der Waals surface area contributed by atoms with Gasteiger partial charge in [0.25, 0.3) is 10.0 Å². The summed E-state index contributed by atoms with van der Waals surface area (Å²) < 4.78 is 29.6. The van der Waals surface area contributed by atoms with Crippen LogP contribution >= 0.6 is 0 Å². The molecule has 0 radical (unpaired) electrons. The fourth-order valence-corrected chi connectivity index (χ4v) is 7.33. The molecule has 34 heavy (non-hydrogen) atoms. The van der Waals surface area contributed by atoms with Gasteiger partial charge in [-0.05, 0) is 42.7 Å². The molecule has 1 saturated heterocycles. The Hall–Kier alpha value is -3.22. The minimum Gasteiger partial charge on any atom is -0.300 e. The van der Waals surface area contributed by atoms with Crippen molar-refractivity contribution in [2.24, 2.45) is 0 Å². The molecule has 0 spiro atoms. The van der Waals surface area contributed by atoms with Gasteiger partial charge in [0.05, 0.1) is 22.1 Å². The first-order valence-corrected chi connectivity index (χ1v) is 13.2. The second-order valence-corrected chi connectivity index (χ2v) is 11.1. The summed E-state index contributed by atoms with van der Waals surface area (Å²) in [5.74, 6) is 0.174. The van der Waals surface area contributed by atoms with Crippen LogP contribution in [-0.4, -0.2) is 29.6 Å². The molecule has 3 heterocycles. The smallest absolute Gasteiger partial charge is 0.268 e. The van der Waals surface area contributed by atoms with Gasteiger partial charge < -0.3 is 0 Å². The fraction of sp³-hybridized carbons (Fsp3) is 0.250. The van der Waals surface area contributed by atoms with Crippen LogP contribution in [0.15, 0.2) is 83.8 Å². The maximum atomic E-state index is 14.1. The summed E-state index contributed by atoms with van der Waals surface area (Å²) in [5.41, 5.74) is 4.60. The maximum Gasteiger partial charge on any atom is 0.268 e. The lowest BCUT2D eigenvalue weighted by molar-refractivity contribution is -0.126. The molecule has 1 aromatic heterocycles. The molecule has 3 aromatic carbocycles. The maximum absolute atomic E-state index is 14.1. The molecule has 6 heteroatoms. The quantitative estimate of drug-likeness (QED) is 0.413. The van der Waals surface area contributed by atoms with Gasteiger partial charge in [-0.2, -0.15) is 0 Å². The largest absolute Gasteiger partial charge is 0.300 e. The normalized spacial score (nSPS) is 20.8. The Morgan fingerprint density at radius 2 is 1.50 bits per heavy atom. The molecular formula is C28H26N2O3S. The zero-order valence-corrected chi connectivity index (χ0v) is 19.8. The van der Waals surface area contributed by atoms with Crippen LogP contribution in [0.3, 0.4) is 0 Å². The number of fused-ring (bicyclic) bond motifs is 5. The highest BCUT2D eigenvalue weighted by atomic mass is 32.2. The Kier molecular flexibility index (Phi) is 4.97. The van der Waals surface area contributed by atoms with Crippen molar-refractivity contribution in [3.63, 3.8) is 0 Å². The summed E-state index contributed by atoms with van der Waals surface area (Å²) >= 11 is 0. The van der Waals surface area contributed by atoms with Gasteiger partial charge in [-0.25, -0.2) is 12.4 Å². The number of hydrogen-bond donors (Lipinski definition) is 0. The third kappa shape index (κ3) is 3.24. The Bertz CT molecular complexity index is 1500. The molecule has 6 rings (SSSR count). The molecule has 2 atom stereocenters. The van der Waals surface area contributed by atoms with Gasteiger partial charge in [-0.15, -0.1) is 0 Å². The average molecular weight is 471 g/mol. The Morgan fingerprint density at radius 3 is 2.26 bits per heavy atom. The molecule has 2 aliphatic rings. The first kappa shape index (κ1) is 21.3. The lowest BCUT2D eigenvalue weighted by atomic mass is 9.84. The number of para-hydroxylation sites is 1. The summed E-state index contributed by atoms with van der Waals surface area (Å²) in [6.45, 7) is 2.74. The molecule has 0 saturated carbocycles. The van der Waals surface area contributed by atoms with Crippen LogP contribution in [0, 0.1) is 6.92 Å². The molecule has 0 amide bonds. The zero-order valence-electron chi connectivity index (χ0n) is 19.0. The Labute approximate surface area is 199 Å². The topological polar surface area (TPSA) is 59.4 Å². The van der Waals surface area contributed by atoms with Gasteiger partial charge in [0.2, 0.25) is 0 Å². The number of aromatic nitrogens is 1. The number of hydrogen-bond acceptors (Lipinski definition) is 4. The van der Waals surface area contributed by atoms with E-state index in [1.54, 1.807) is 12.1 Å². The Balaban J connectivity index is 1.58. The second-order valence-electron chi connectivity index (χ2n) is 9.34. The number of rotatable bonds is 3. The van der Waals surface area contributed by atoms with E-state index in [0.29, 0.717) is 18.4 Å². The number of aryl methyl sites for hydroxylation is 1. The number of piperidine rings is 1. The van der Waals surface area contributed by atoms with Crippen molar-refractivity contribution < 1.29 is 13.2 Å². The highest BCUT2D eigenvalue weighted by molar-refractivity contribution is 7.90. The van der Waals surface area contributed by atoms with Crippen LogP contribution in [0.25, 0.3) is 10.9 Å². The van der Waals surface area contributed by atoms with Gasteiger partial charge >= 0.3 is 0 Å². The molecule has 4 aromatic rings. The van der Waals surface area contributed by atoms with Crippen molar-refractivity contribution >= 4 is 26.7 Å². The molecule has 0 unspecified atom stereocenters. The third-order valence-electron chi connectivity index (χ3n) is 7.30. The van der Waals surface area contributed by atoms with Crippen LogP contribution < -0.4 is 0 Å². The number of ketones is 1. The number of carbonyl (C=O) groups is 1.